The van der Waals surface area contributed by atoms with Gasteiger partial charge >= 0.3 is 0 Å². The molecule has 0 aliphatic heterocycles. The molecule has 7 heteroatoms. The van der Waals surface area contributed by atoms with Crippen LogP contribution in [-0.4, -0.2) is 35.7 Å². The monoisotopic (exact) mass is 296 g/mol. The number of nitrogens with zero attached hydrogens (tertiary/aromatic N) is 2. The molecule has 7 nitrogen and oxygen atoms in total. The molecule has 0 saturated carbocycles. The van der Waals surface area contributed by atoms with Gasteiger partial charge in [-0.3, -0.25) is 10.1 Å². The van der Waals surface area contributed by atoms with Crippen molar-refractivity contribution in [2.75, 3.05) is 30.4 Å². The normalized spacial score (nSPS) is 12.2. The highest BCUT2D eigenvalue weighted by molar-refractivity contribution is 5.55. The summed E-state index contributed by atoms with van der Waals surface area (Å²) in [6.45, 7) is 9.82. The minimum absolute atomic E-state index is 0.0161. The van der Waals surface area contributed by atoms with Crippen molar-refractivity contribution in [1.29, 1.82) is 0 Å². The minimum atomic E-state index is -0.416. The second-order valence-electron chi connectivity index (χ2n) is 5.04. The molecule has 1 rings (SSSR count). The number of ether oxygens (including phenoxy) is 1. The molecule has 2 N–H and O–H groups in total. The van der Waals surface area contributed by atoms with E-state index < -0.39 is 4.92 Å². The zero-order valence-corrected chi connectivity index (χ0v) is 13.0. The third kappa shape index (κ3) is 5.55. The maximum atomic E-state index is 11.0. The van der Waals surface area contributed by atoms with Crippen molar-refractivity contribution in [3.05, 3.63) is 22.2 Å². The molecule has 0 aliphatic rings. The van der Waals surface area contributed by atoms with Crippen molar-refractivity contribution in [2.45, 2.75) is 33.7 Å². The average Bonchev–Trinajstić information content (AvgIpc) is 2.43. The number of aromatic nitrogens is 1. The third-order valence-electron chi connectivity index (χ3n) is 3.02. The van der Waals surface area contributed by atoms with Gasteiger partial charge in [0.2, 0.25) is 0 Å². The minimum Gasteiger partial charge on any atom is -0.380 e. The standard InChI is InChI=1S/C14H24N4O3/c1-5-15-13-7-11(18(19)20)8-14(17-13)16-12(10(3)4)9-21-6-2/h7-8,10,12H,5-6,9H2,1-4H3,(H2,15,16,17). The Morgan fingerprint density at radius 3 is 2.52 bits per heavy atom. The van der Waals surface area contributed by atoms with E-state index in [-0.39, 0.29) is 11.7 Å². The first-order chi connectivity index (χ1) is 9.97. The van der Waals surface area contributed by atoms with E-state index in [4.69, 9.17) is 4.74 Å². The van der Waals surface area contributed by atoms with Crippen molar-refractivity contribution < 1.29 is 9.66 Å². The fourth-order valence-electron chi connectivity index (χ4n) is 1.80. The number of nitrogens with one attached hydrogen (secondary N) is 2. The van der Waals surface area contributed by atoms with Crippen LogP contribution in [0, 0.1) is 16.0 Å². The van der Waals surface area contributed by atoms with Gasteiger partial charge in [0.25, 0.3) is 5.69 Å². The Morgan fingerprint density at radius 2 is 2.00 bits per heavy atom. The highest BCUT2D eigenvalue weighted by Crippen LogP contribution is 2.22. The number of pyridine rings is 1. The van der Waals surface area contributed by atoms with Crippen LogP contribution in [0.4, 0.5) is 17.3 Å². The number of nitro groups is 1. The van der Waals surface area contributed by atoms with Crippen LogP contribution in [0.1, 0.15) is 27.7 Å². The summed E-state index contributed by atoms with van der Waals surface area (Å²) in [4.78, 5) is 14.9. The van der Waals surface area contributed by atoms with E-state index in [1.54, 1.807) is 0 Å². The van der Waals surface area contributed by atoms with Crippen LogP contribution in [0.2, 0.25) is 0 Å². The van der Waals surface area contributed by atoms with Crippen molar-refractivity contribution in [2.24, 2.45) is 5.92 Å². The lowest BCUT2D eigenvalue weighted by Crippen LogP contribution is -2.31. The van der Waals surface area contributed by atoms with Crippen molar-refractivity contribution in [1.82, 2.24) is 4.98 Å². The van der Waals surface area contributed by atoms with Gasteiger partial charge in [0.05, 0.1) is 29.7 Å². The second-order valence-corrected chi connectivity index (χ2v) is 5.04. The van der Waals surface area contributed by atoms with Gasteiger partial charge in [-0.2, -0.15) is 0 Å². The van der Waals surface area contributed by atoms with E-state index in [2.05, 4.69) is 29.5 Å². The molecule has 0 fully saturated rings. The van der Waals surface area contributed by atoms with Crippen molar-refractivity contribution in [3.8, 4) is 0 Å². The smallest absolute Gasteiger partial charge is 0.276 e. The lowest BCUT2D eigenvalue weighted by Gasteiger charge is -2.22. The van der Waals surface area contributed by atoms with E-state index in [1.807, 2.05) is 13.8 Å². The average molecular weight is 296 g/mol. The quantitative estimate of drug-likeness (QED) is 0.538. The number of hydrogen-bond donors (Lipinski definition) is 2. The van der Waals surface area contributed by atoms with Gasteiger partial charge in [0.1, 0.15) is 11.6 Å². The summed E-state index contributed by atoms with van der Waals surface area (Å²) in [5, 5.41) is 17.2. The Kier molecular flexibility index (Phi) is 6.87. The Labute approximate surface area is 125 Å². The summed E-state index contributed by atoms with van der Waals surface area (Å²) < 4.78 is 5.44. The molecule has 0 bridgehead atoms. The van der Waals surface area contributed by atoms with Crippen LogP contribution >= 0.6 is 0 Å². The molecular weight excluding hydrogens is 272 g/mol. The lowest BCUT2D eigenvalue weighted by atomic mass is 10.1. The number of hydrogen-bond acceptors (Lipinski definition) is 6. The predicted molar refractivity (Wildman–Crippen MR) is 83.8 cm³/mol. The van der Waals surface area contributed by atoms with E-state index in [0.717, 1.165) is 0 Å². The van der Waals surface area contributed by atoms with Crippen LogP contribution in [0.3, 0.4) is 0 Å². The van der Waals surface area contributed by atoms with E-state index in [0.29, 0.717) is 37.3 Å². The molecule has 1 aromatic rings. The maximum Gasteiger partial charge on any atom is 0.276 e. The van der Waals surface area contributed by atoms with E-state index in [9.17, 15) is 10.1 Å². The molecule has 0 radical (unpaired) electrons. The first kappa shape index (κ1) is 17.2. The van der Waals surface area contributed by atoms with Gasteiger partial charge in [-0.05, 0) is 19.8 Å². The van der Waals surface area contributed by atoms with Gasteiger partial charge in [-0.25, -0.2) is 4.98 Å². The van der Waals surface area contributed by atoms with Crippen LogP contribution in [0.15, 0.2) is 12.1 Å². The van der Waals surface area contributed by atoms with Gasteiger partial charge in [-0.1, -0.05) is 13.8 Å². The summed E-state index contributed by atoms with van der Waals surface area (Å²) in [5.41, 5.74) is 0.0161. The van der Waals surface area contributed by atoms with Crippen molar-refractivity contribution in [3.63, 3.8) is 0 Å². The van der Waals surface area contributed by atoms with Crippen LogP contribution in [0.25, 0.3) is 0 Å². The molecule has 0 aliphatic carbocycles. The Balaban J connectivity index is 2.95. The fourth-order valence-corrected chi connectivity index (χ4v) is 1.80. The van der Waals surface area contributed by atoms with Crippen LogP contribution in [-0.2, 0) is 4.74 Å². The summed E-state index contributed by atoms with van der Waals surface area (Å²) in [7, 11) is 0. The molecule has 1 atom stereocenters. The third-order valence-corrected chi connectivity index (χ3v) is 3.02. The van der Waals surface area contributed by atoms with Crippen LogP contribution in [0.5, 0.6) is 0 Å². The molecule has 1 aromatic heterocycles. The zero-order chi connectivity index (χ0) is 15.8. The molecule has 0 spiro atoms. The Morgan fingerprint density at radius 1 is 1.33 bits per heavy atom. The predicted octanol–water partition coefficient (Wildman–Crippen LogP) is 2.89. The Bertz CT molecular complexity index is 466. The topological polar surface area (TPSA) is 89.3 Å². The molecular formula is C14H24N4O3. The molecule has 1 heterocycles. The molecule has 21 heavy (non-hydrogen) atoms. The molecule has 118 valence electrons. The van der Waals surface area contributed by atoms with Gasteiger partial charge in [0.15, 0.2) is 0 Å². The Hall–Kier alpha value is -1.89. The molecule has 0 amide bonds. The van der Waals surface area contributed by atoms with E-state index >= 15 is 0 Å². The van der Waals surface area contributed by atoms with Gasteiger partial charge in [-0.15, -0.1) is 0 Å². The SMILES string of the molecule is CCNc1cc([N+](=O)[O-])cc(NC(COCC)C(C)C)n1. The number of rotatable bonds is 9. The summed E-state index contributed by atoms with van der Waals surface area (Å²) in [6.07, 6.45) is 0. The highest BCUT2D eigenvalue weighted by atomic mass is 16.6. The molecule has 1 unspecified atom stereocenters. The summed E-state index contributed by atoms with van der Waals surface area (Å²) >= 11 is 0. The maximum absolute atomic E-state index is 11.0. The van der Waals surface area contributed by atoms with Gasteiger partial charge < -0.3 is 15.4 Å². The summed E-state index contributed by atoms with van der Waals surface area (Å²) in [6, 6.07) is 2.93. The van der Waals surface area contributed by atoms with E-state index in [1.165, 1.54) is 12.1 Å². The highest BCUT2D eigenvalue weighted by Gasteiger charge is 2.17. The summed E-state index contributed by atoms with van der Waals surface area (Å²) in [5.74, 6) is 1.30. The first-order valence-electron chi connectivity index (χ1n) is 7.22. The van der Waals surface area contributed by atoms with Gasteiger partial charge in [0, 0.05) is 13.2 Å². The molecule has 0 aromatic carbocycles. The lowest BCUT2D eigenvalue weighted by molar-refractivity contribution is -0.384. The van der Waals surface area contributed by atoms with Crippen molar-refractivity contribution >= 4 is 17.3 Å². The van der Waals surface area contributed by atoms with Crippen LogP contribution < -0.4 is 10.6 Å². The first-order valence-corrected chi connectivity index (χ1v) is 7.22. The number of anilines is 2. The largest absolute Gasteiger partial charge is 0.380 e. The fraction of sp³-hybridized carbons (Fsp3) is 0.643. The zero-order valence-electron chi connectivity index (χ0n) is 13.0. The molecule has 0 saturated heterocycles. The second kappa shape index (κ2) is 8.41.